The van der Waals surface area contributed by atoms with E-state index in [1.807, 2.05) is 12.1 Å². The monoisotopic (exact) mass is 263 g/mol. The molecule has 0 bridgehead atoms. The normalized spacial score (nSPS) is 12.4. The Bertz CT molecular complexity index is 793. The van der Waals surface area contributed by atoms with Crippen LogP contribution in [0.3, 0.4) is 0 Å². The summed E-state index contributed by atoms with van der Waals surface area (Å²) in [5, 5.41) is 4.50. The van der Waals surface area contributed by atoms with Crippen LogP contribution in [0.1, 0.15) is 5.56 Å². The van der Waals surface area contributed by atoms with Gasteiger partial charge in [0.05, 0.1) is 4.53 Å². The Morgan fingerprint density at radius 3 is 3.06 bits per heavy atom. The maximum atomic E-state index is 11.9. The van der Waals surface area contributed by atoms with Crippen LogP contribution in [0.15, 0.2) is 35.4 Å². The zero-order chi connectivity index (χ0) is 11.8. The summed E-state index contributed by atoms with van der Waals surface area (Å²) in [6.07, 6.45) is 3.16. The minimum absolute atomic E-state index is 0.150. The van der Waals surface area contributed by atoms with Gasteiger partial charge in [0.2, 0.25) is 4.96 Å². The number of hydrogen-bond acceptors (Lipinski definition) is 4. The second-order valence-corrected chi connectivity index (χ2v) is 4.87. The summed E-state index contributed by atoms with van der Waals surface area (Å²) in [5.41, 5.74) is 0.738. The quantitative estimate of drug-likeness (QED) is 0.666. The van der Waals surface area contributed by atoms with E-state index in [1.54, 1.807) is 18.2 Å². The van der Waals surface area contributed by atoms with Crippen molar-refractivity contribution >= 4 is 34.0 Å². The molecule has 3 rings (SSSR count). The molecule has 84 valence electrons. The molecular weight excluding hydrogens is 258 g/mol. The second kappa shape index (κ2) is 3.94. The van der Waals surface area contributed by atoms with Crippen molar-refractivity contribution in [2.45, 2.75) is 0 Å². The van der Waals surface area contributed by atoms with Gasteiger partial charge in [-0.15, -0.1) is 0 Å². The van der Waals surface area contributed by atoms with E-state index in [0.29, 0.717) is 14.5 Å². The zero-order valence-corrected chi connectivity index (χ0v) is 10.1. The number of benzene rings is 1. The zero-order valence-electron chi connectivity index (χ0n) is 8.50. The molecule has 2 aromatic heterocycles. The fraction of sp³-hybridized carbons (Fsp3) is 0. The van der Waals surface area contributed by atoms with Crippen molar-refractivity contribution in [3.8, 4) is 0 Å². The predicted octanol–water partition coefficient (Wildman–Crippen LogP) is 1.35. The van der Waals surface area contributed by atoms with Crippen LogP contribution in [-0.4, -0.2) is 14.6 Å². The van der Waals surface area contributed by atoms with Crippen molar-refractivity contribution in [3.05, 3.63) is 56.1 Å². The van der Waals surface area contributed by atoms with Gasteiger partial charge < -0.3 is 0 Å². The van der Waals surface area contributed by atoms with Crippen LogP contribution >= 0.6 is 22.9 Å². The average molecular weight is 264 g/mol. The predicted molar refractivity (Wildman–Crippen MR) is 67.4 cm³/mol. The summed E-state index contributed by atoms with van der Waals surface area (Å²) in [5.74, 6) is 0. The molecule has 0 N–H and O–H groups in total. The van der Waals surface area contributed by atoms with E-state index in [0.717, 1.165) is 5.56 Å². The topological polar surface area (TPSA) is 47.3 Å². The fourth-order valence-electron chi connectivity index (χ4n) is 1.53. The SMILES string of the molecule is O=c1c(=Cc2cccc(Cl)c2)sc2ncnn12. The Morgan fingerprint density at radius 1 is 1.41 bits per heavy atom. The minimum Gasteiger partial charge on any atom is -0.266 e. The molecule has 0 atom stereocenters. The number of rotatable bonds is 1. The minimum atomic E-state index is -0.150. The molecule has 0 aliphatic rings. The maximum Gasteiger partial charge on any atom is 0.291 e. The molecule has 0 saturated heterocycles. The van der Waals surface area contributed by atoms with Crippen LogP contribution in [0.2, 0.25) is 5.02 Å². The molecule has 0 amide bonds. The average Bonchev–Trinajstić information content (AvgIpc) is 2.84. The van der Waals surface area contributed by atoms with Crippen molar-refractivity contribution in [1.82, 2.24) is 14.6 Å². The Kier molecular flexibility index (Phi) is 2.42. The van der Waals surface area contributed by atoms with E-state index in [1.165, 1.54) is 22.2 Å². The summed E-state index contributed by atoms with van der Waals surface area (Å²) in [6.45, 7) is 0. The molecule has 0 fully saturated rings. The van der Waals surface area contributed by atoms with E-state index in [9.17, 15) is 4.79 Å². The van der Waals surface area contributed by atoms with Gasteiger partial charge in [0.25, 0.3) is 5.56 Å². The molecule has 0 spiro atoms. The lowest BCUT2D eigenvalue weighted by Gasteiger charge is -1.91. The van der Waals surface area contributed by atoms with Crippen molar-refractivity contribution in [3.63, 3.8) is 0 Å². The molecule has 0 radical (unpaired) electrons. The van der Waals surface area contributed by atoms with Crippen LogP contribution in [0, 0.1) is 0 Å². The Hall–Kier alpha value is -1.72. The largest absolute Gasteiger partial charge is 0.291 e. The lowest BCUT2D eigenvalue weighted by atomic mass is 10.2. The van der Waals surface area contributed by atoms with Crippen LogP contribution < -0.4 is 10.1 Å². The number of fused-ring (bicyclic) bond motifs is 1. The van der Waals surface area contributed by atoms with E-state index in [2.05, 4.69) is 10.1 Å². The molecule has 17 heavy (non-hydrogen) atoms. The summed E-state index contributed by atoms with van der Waals surface area (Å²) < 4.78 is 1.89. The van der Waals surface area contributed by atoms with Crippen LogP contribution in [0.25, 0.3) is 11.0 Å². The fourth-order valence-corrected chi connectivity index (χ4v) is 2.61. The Morgan fingerprint density at radius 2 is 2.29 bits per heavy atom. The summed E-state index contributed by atoms with van der Waals surface area (Å²) in [4.78, 5) is 16.5. The molecule has 3 aromatic rings. The van der Waals surface area contributed by atoms with E-state index < -0.39 is 0 Å². The summed E-state index contributed by atoms with van der Waals surface area (Å²) >= 11 is 7.19. The van der Waals surface area contributed by atoms with Gasteiger partial charge in [0.1, 0.15) is 6.33 Å². The smallest absolute Gasteiger partial charge is 0.266 e. The van der Waals surface area contributed by atoms with E-state index in [-0.39, 0.29) is 5.56 Å². The third kappa shape index (κ3) is 1.83. The highest BCUT2D eigenvalue weighted by molar-refractivity contribution is 7.15. The third-order valence-corrected chi connectivity index (χ3v) is 3.48. The number of hydrogen-bond donors (Lipinski definition) is 0. The lowest BCUT2D eigenvalue weighted by molar-refractivity contribution is 0.932. The summed E-state index contributed by atoms with van der Waals surface area (Å²) in [7, 11) is 0. The highest BCUT2D eigenvalue weighted by atomic mass is 35.5. The number of halogens is 1. The van der Waals surface area contributed by atoms with E-state index in [4.69, 9.17) is 11.6 Å². The molecule has 4 nitrogen and oxygen atoms in total. The van der Waals surface area contributed by atoms with Crippen molar-refractivity contribution in [1.29, 1.82) is 0 Å². The first-order valence-electron chi connectivity index (χ1n) is 4.84. The highest BCUT2D eigenvalue weighted by Gasteiger charge is 2.04. The molecule has 0 aliphatic heterocycles. The van der Waals surface area contributed by atoms with Gasteiger partial charge in [-0.05, 0) is 23.8 Å². The molecule has 2 heterocycles. The third-order valence-electron chi connectivity index (χ3n) is 2.27. The number of nitrogens with zero attached hydrogens (tertiary/aromatic N) is 3. The van der Waals surface area contributed by atoms with Crippen molar-refractivity contribution < 1.29 is 0 Å². The Balaban J connectivity index is 2.24. The number of thiazole rings is 1. The van der Waals surface area contributed by atoms with Gasteiger partial charge in [0, 0.05) is 5.02 Å². The van der Waals surface area contributed by atoms with Crippen LogP contribution in [0.5, 0.6) is 0 Å². The van der Waals surface area contributed by atoms with Gasteiger partial charge in [-0.3, -0.25) is 4.79 Å². The van der Waals surface area contributed by atoms with Crippen molar-refractivity contribution in [2.24, 2.45) is 0 Å². The molecule has 0 saturated carbocycles. The van der Waals surface area contributed by atoms with Gasteiger partial charge in [0.15, 0.2) is 0 Å². The van der Waals surface area contributed by atoms with Gasteiger partial charge >= 0.3 is 0 Å². The maximum absolute atomic E-state index is 11.9. The summed E-state index contributed by atoms with van der Waals surface area (Å²) in [6, 6.07) is 7.33. The molecule has 0 unspecified atom stereocenters. The van der Waals surface area contributed by atoms with Gasteiger partial charge in [-0.2, -0.15) is 9.61 Å². The molecule has 0 aliphatic carbocycles. The molecular formula is C11H6ClN3OS. The standard InChI is InChI=1S/C11H6ClN3OS/c12-8-3-1-2-7(4-8)5-9-10(16)15-11(17-9)13-6-14-15/h1-6H. The molecule has 6 heteroatoms. The second-order valence-electron chi connectivity index (χ2n) is 3.43. The molecule has 1 aromatic carbocycles. The first-order chi connectivity index (χ1) is 8.24. The van der Waals surface area contributed by atoms with Gasteiger partial charge in [-0.25, -0.2) is 4.98 Å². The first-order valence-corrected chi connectivity index (χ1v) is 6.03. The van der Waals surface area contributed by atoms with E-state index >= 15 is 0 Å². The van der Waals surface area contributed by atoms with Crippen LogP contribution in [0.4, 0.5) is 0 Å². The lowest BCUT2D eigenvalue weighted by Crippen LogP contribution is -2.23. The highest BCUT2D eigenvalue weighted by Crippen LogP contribution is 2.11. The van der Waals surface area contributed by atoms with Crippen LogP contribution in [-0.2, 0) is 0 Å². The Labute approximate surface area is 105 Å². The van der Waals surface area contributed by atoms with Gasteiger partial charge in [-0.1, -0.05) is 35.1 Å². The number of aromatic nitrogens is 3. The van der Waals surface area contributed by atoms with Crippen molar-refractivity contribution in [2.75, 3.05) is 0 Å². The first kappa shape index (κ1) is 10.4.